The maximum atomic E-state index is 12.0. The first-order valence-electron chi connectivity index (χ1n) is 6.51. The molecule has 2 aliphatic rings. The lowest BCUT2D eigenvalue weighted by atomic mass is 10.2. The van der Waals surface area contributed by atoms with Crippen LogP contribution in [0.4, 0.5) is 0 Å². The fourth-order valence-electron chi connectivity index (χ4n) is 2.11. The highest BCUT2D eigenvalue weighted by atomic mass is 16.5. The number of carbonyl (C=O) groups is 2. The Morgan fingerprint density at radius 1 is 1.44 bits per heavy atom. The van der Waals surface area contributed by atoms with Gasteiger partial charge in [-0.3, -0.25) is 9.59 Å². The first-order valence-corrected chi connectivity index (χ1v) is 6.51. The van der Waals surface area contributed by atoms with Gasteiger partial charge in [0.2, 0.25) is 11.8 Å². The summed E-state index contributed by atoms with van der Waals surface area (Å²) in [5.41, 5.74) is 0. The smallest absolute Gasteiger partial charge is 0.240 e. The third-order valence-electron chi connectivity index (χ3n) is 3.27. The van der Waals surface area contributed by atoms with Crippen LogP contribution in [-0.2, 0) is 14.3 Å². The summed E-state index contributed by atoms with van der Waals surface area (Å²) in [6, 6.07) is 0.443. The van der Waals surface area contributed by atoms with E-state index in [0.29, 0.717) is 25.7 Å². The standard InChI is InChI=1S/C12H21N3O3/c1-18-7-5-13-11(16)8-15-6-4-10(12(15)17)14-9-2-3-9/h9-10,14H,2-8H2,1H3,(H,13,16). The Hall–Kier alpha value is -1.14. The van der Waals surface area contributed by atoms with Crippen molar-refractivity contribution >= 4 is 11.8 Å². The first-order chi connectivity index (χ1) is 8.70. The normalized spacial score (nSPS) is 23.5. The zero-order chi connectivity index (χ0) is 13.0. The van der Waals surface area contributed by atoms with E-state index in [1.165, 1.54) is 12.8 Å². The lowest BCUT2D eigenvalue weighted by molar-refractivity contribution is -0.134. The summed E-state index contributed by atoms with van der Waals surface area (Å²) in [7, 11) is 1.59. The maximum Gasteiger partial charge on any atom is 0.240 e. The van der Waals surface area contributed by atoms with Gasteiger partial charge in [-0.25, -0.2) is 0 Å². The van der Waals surface area contributed by atoms with Crippen molar-refractivity contribution < 1.29 is 14.3 Å². The van der Waals surface area contributed by atoms with Gasteiger partial charge in [-0.15, -0.1) is 0 Å². The number of carbonyl (C=O) groups excluding carboxylic acids is 2. The van der Waals surface area contributed by atoms with Gasteiger partial charge < -0.3 is 20.3 Å². The average Bonchev–Trinajstić information content (AvgIpc) is 3.10. The van der Waals surface area contributed by atoms with E-state index in [1.807, 2.05) is 0 Å². The summed E-state index contributed by atoms with van der Waals surface area (Å²) in [6.45, 7) is 1.80. The Morgan fingerprint density at radius 2 is 2.22 bits per heavy atom. The number of nitrogens with one attached hydrogen (secondary N) is 2. The van der Waals surface area contributed by atoms with Crippen molar-refractivity contribution in [2.75, 3.05) is 33.4 Å². The molecule has 0 radical (unpaired) electrons. The van der Waals surface area contributed by atoms with Crippen LogP contribution in [0, 0.1) is 0 Å². The highest BCUT2D eigenvalue weighted by Gasteiger charge is 2.36. The molecular weight excluding hydrogens is 234 g/mol. The number of methoxy groups -OCH3 is 1. The molecule has 2 N–H and O–H groups in total. The zero-order valence-corrected chi connectivity index (χ0v) is 10.8. The molecule has 18 heavy (non-hydrogen) atoms. The van der Waals surface area contributed by atoms with E-state index in [0.717, 1.165) is 6.42 Å². The number of rotatable bonds is 7. The van der Waals surface area contributed by atoms with Crippen LogP contribution in [0.25, 0.3) is 0 Å². The molecule has 0 aromatic carbocycles. The van der Waals surface area contributed by atoms with Crippen LogP contribution >= 0.6 is 0 Å². The van der Waals surface area contributed by atoms with Crippen molar-refractivity contribution in [3.05, 3.63) is 0 Å². The molecule has 0 spiro atoms. The maximum absolute atomic E-state index is 12.0. The van der Waals surface area contributed by atoms with E-state index in [4.69, 9.17) is 4.74 Å². The Bertz CT molecular complexity index is 318. The van der Waals surface area contributed by atoms with Gasteiger partial charge >= 0.3 is 0 Å². The average molecular weight is 255 g/mol. The predicted octanol–water partition coefficient (Wildman–Crippen LogP) is -0.898. The highest BCUT2D eigenvalue weighted by molar-refractivity contribution is 5.89. The van der Waals surface area contributed by atoms with Crippen LogP contribution in [0.2, 0.25) is 0 Å². The number of likely N-dealkylation sites (tertiary alicyclic amines) is 1. The van der Waals surface area contributed by atoms with Gasteiger partial charge in [0, 0.05) is 26.2 Å². The Kier molecular flexibility index (Phi) is 4.54. The molecule has 2 amide bonds. The first kappa shape index (κ1) is 13.3. The minimum atomic E-state index is -0.118. The molecule has 6 nitrogen and oxygen atoms in total. The third-order valence-corrected chi connectivity index (χ3v) is 3.27. The molecule has 6 heteroatoms. The quantitative estimate of drug-likeness (QED) is 0.579. The molecule has 0 aromatic rings. The number of amides is 2. The van der Waals surface area contributed by atoms with E-state index in [9.17, 15) is 9.59 Å². The second-order valence-corrected chi connectivity index (χ2v) is 4.88. The van der Waals surface area contributed by atoms with Gasteiger partial charge in [-0.05, 0) is 19.3 Å². The van der Waals surface area contributed by atoms with Crippen LogP contribution in [0.1, 0.15) is 19.3 Å². The molecule has 1 saturated carbocycles. The number of hydrogen-bond acceptors (Lipinski definition) is 4. The van der Waals surface area contributed by atoms with Crippen LogP contribution in [0.5, 0.6) is 0 Å². The summed E-state index contributed by atoms with van der Waals surface area (Å²) in [4.78, 5) is 25.2. The monoisotopic (exact) mass is 255 g/mol. The number of ether oxygens (including phenoxy) is 1. The van der Waals surface area contributed by atoms with Crippen molar-refractivity contribution in [3.63, 3.8) is 0 Å². The van der Waals surface area contributed by atoms with E-state index in [1.54, 1.807) is 12.0 Å². The molecule has 2 rings (SSSR count). The Labute approximate surface area is 107 Å². The van der Waals surface area contributed by atoms with Crippen LogP contribution < -0.4 is 10.6 Å². The Morgan fingerprint density at radius 3 is 2.89 bits per heavy atom. The molecule has 1 saturated heterocycles. The van der Waals surface area contributed by atoms with E-state index in [-0.39, 0.29) is 24.4 Å². The SMILES string of the molecule is COCCNC(=O)CN1CCC(NC2CC2)C1=O. The molecule has 1 aliphatic heterocycles. The molecule has 0 aromatic heterocycles. The lowest BCUT2D eigenvalue weighted by Crippen LogP contribution is -2.43. The molecule has 1 heterocycles. The molecular formula is C12H21N3O3. The van der Waals surface area contributed by atoms with Gasteiger partial charge in [0.15, 0.2) is 0 Å². The topological polar surface area (TPSA) is 70.7 Å². The minimum absolute atomic E-state index is 0.0591. The Balaban J connectivity index is 1.69. The zero-order valence-electron chi connectivity index (χ0n) is 10.8. The van der Waals surface area contributed by atoms with E-state index >= 15 is 0 Å². The van der Waals surface area contributed by atoms with Gasteiger partial charge in [0.05, 0.1) is 19.2 Å². The van der Waals surface area contributed by atoms with E-state index in [2.05, 4.69) is 10.6 Å². The van der Waals surface area contributed by atoms with Crippen molar-refractivity contribution in [1.29, 1.82) is 0 Å². The summed E-state index contributed by atoms with van der Waals surface area (Å²) in [6.07, 6.45) is 3.14. The molecule has 2 fully saturated rings. The van der Waals surface area contributed by atoms with Crippen molar-refractivity contribution in [2.24, 2.45) is 0 Å². The fourth-order valence-corrected chi connectivity index (χ4v) is 2.11. The lowest BCUT2D eigenvalue weighted by Gasteiger charge is -2.16. The molecule has 0 bridgehead atoms. The van der Waals surface area contributed by atoms with Crippen LogP contribution in [0.15, 0.2) is 0 Å². The van der Waals surface area contributed by atoms with Crippen LogP contribution in [0.3, 0.4) is 0 Å². The fraction of sp³-hybridized carbons (Fsp3) is 0.833. The van der Waals surface area contributed by atoms with Crippen molar-refractivity contribution in [2.45, 2.75) is 31.3 Å². The van der Waals surface area contributed by atoms with Gasteiger partial charge in [0.25, 0.3) is 0 Å². The van der Waals surface area contributed by atoms with Crippen molar-refractivity contribution in [3.8, 4) is 0 Å². The third kappa shape index (κ3) is 3.68. The molecule has 102 valence electrons. The van der Waals surface area contributed by atoms with Gasteiger partial charge in [-0.2, -0.15) is 0 Å². The summed E-state index contributed by atoms with van der Waals surface area (Å²) >= 11 is 0. The second kappa shape index (κ2) is 6.15. The van der Waals surface area contributed by atoms with Crippen molar-refractivity contribution in [1.82, 2.24) is 15.5 Å². The van der Waals surface area contributed by atoms with E-state index < -0.39 is 0 Å². The van der Waals surface area contributed by atoms with Gasteiger partial charge in [-0.1, -0.05) is 0 Å². The summed E-state index contributed by atoms with van der Waals surface area (Å²) in [5.74, 6) is -0.0590. The summed E-state index contributed by atoms with van der Waals surface area (Å²) < 4.78 is 4.85. The minimum Gasteiger partial charge on any atom is -0.383 e. The predicted molar refractivity (Wildman–Crippen MR) is 66.0 cm³/mol. The molecule has 1 atom stereocenters. The highest BCUT2D eigenvalue weighted by Crippen LogP contribution is 2.22. The van der Waals surface area contributed by atoms with Crippen LogP contribution in [-0.4, -0.2) is 62.1 Å². The second-order valence-electron chi connectivity index (χ2n) is 4.88. The number of nitrogens with zero attached hydrogens (tertiary/aromatic N) is 1. The number of hydrogen-bond donors (Lipinski definition) is 2. The van der Waals surface area contributed by atoms with Gasteiger partial charge in [0.1, 0.15) is 0 Å². The summed E-state index contributed by atoms with van der Waals surface area (Å²) in [5, 5.41) is 6.04. The molecule has 1 aliphatic carbocycles. The largest absolute Gasteiger partial charge is 0.383 e. The molecule has 1 unspecified atom stereocenters.